The Bertz CT molecular complexity index is 124. The number of rotatable bonds is 3. The summed E-state index contributed by atoms with van der Waals surface area (Å²) in [5.74, 6) is 2.11. The third-order valence-corrected chi connectivity index (χ3v) is 1.89. The first kappa shape index (κ1) is 7.72. The Morgan fingerprint density at radius 1 is 1.80 bits per heavy atom. The molecule has 1 aliphatic rings. The number of nitrogens with zero attached hydrogens (tertiary/aromatic N) is 1. The van der Waals surface area contributed by atoms with E-state index in [4.69, 9.17) is 0 Å². The summed E-state index contributed by atoms with van der Waals surface area (Å²) in [7, 11) is 0. The van der Waals surface area contributed by atoms with Gasteiger partial charge in [-0.15, -0.1) is 0 Å². The molecule has 0 aromatic rings. The predicted octanol–water partition coefficient (Wildman–Crippen LogP) is -0.102. The second-order valence-corrected chi connectivity index (χ2v) is 3.06. The average Bonchev–Trinajstić information content (AvgIpc) is 2.41. The summed E-state index contributed by atoms with van der Waals surface area (Å²) >= 11 is 1.84. The molecule has 1 aliphatic heterocycles. The zero-order valence-corrected chi connectivity index (χ0v) is 7.00. The lowest BCUT2D eigenvalue weighted by Gasteiger charge is -2.03. The van der Waals surface area contributed by atoms with Crippen LogP contribution in [-0.4, -0.2) is 37.6 Å². The third-order valence-electron chi connectivity index (χ3n) is 1.27. The van der Waals surface area contributed by atoms with Crippen LogP contribution in [0.3, 0.4) is 0 Å². The van der Waals surface area contributed by atoms with E-state index >= 15 is 0 Å². The molecule has 1 heterocycles. The Labute approximate surface area is 65.7 Å². The molecule has 0 aromatic carbocycles. The topological polar surface area (TPSA) is 36.4 Å². The average molecular weight is 159 g/mol. The van der Waals surface area contributed by atoms with E-state index < -0.39 is 0 Å². The van der Waals surface area contributed by atoms with Gasteiger partial charge in [-0.25, -0.2) is 0 Å². The molecule has 0 radical (unpaired) electrons. The van der Waals surface area contributed by atoms with Crippen molar-refractivity contribution in [2.45, 2.75) is 0 Å². The lowest BCUT2D eigenvalue weighted by Crippen LogP contribution is -2.34. The van der Waals surface area contributed by atoms with Crippen molar-refractivity contribution in [3.8, 4) is 0 Å². The van der Waals surface area contributed by atoms with Crippen molar-refractivity contribution in [1.82, 2.24) is 10.6 Å². The first-order chi connectivity index (χ1) is 4.93. The molecule has 0 saturated carbocycles. The van der Waals surface area contributed by atoms with E-state index in [-0.39, 0.29) is 0 Å². The SMILES string of the molecule is CSCCNC1=NCCN1. The molecule has 10 heavy (non-hydrogen) atoms. The quantitative estimate of drug-likeness (QED) is 0.565. The van der Waals surface area contributed by atoms with Crippen molar-refractivity contribution in [3.05, 3.63) is 0 Å². The van der Waals surface area contributed by atoms with Crippen molar-refractivity contribution in [1.29, 1.82) is 0 Å². The third kappa shape index (κ3) is 2.47. The molecule has 0 aromatic heterocycles. The second-order valence-electron chi connectivity index (χ2n) is 2.08. The molecule has 0 bridgehead atoms. The van der Waals surface area contributed by atoms with Gasteiger partial charge in [0.15, 0.2) is 5.96 Å². The van der Waals surface area contributed by atoms with Gasteiger partial charge in [-0.05, 0) is 6.26 Å². The molecule has 0 saturated heterocycles. The highest BCUT2D eigenvalue weighted by Gasteiger charge is 2.01. The number of hydrogen-bond donors (Lipinski definition) is 2. The molecule has 3 nitrogen and oxygen atoms in total. The van der Waals surface area contributed by atoms with E-state index in [1.165, 1.54) is 0 Å². The highest BCUT2D eigenvalue weighted by molar-refractivity contribution is 7.98. The minimum atomic E-state index is 0.918. The van der Waals surface area contributed by atoms with Crippen LogP contribution < -0.4 is 10.6 Å². The number of nitrogens with one attached hydrogen (secondary N) is 2. The summed E-state index contributed by atoms with van der Waals surface area (Å²) in [5.41, 5.74) is 0. The van der Waals surface area contributed by atoms with E-state index in [9.17, 15) is 0 Å². The monoisotopic (exact) mass is 159 g/mol. The van der Waals surface area contributed by atoms with Crippen LogP contribution >= 0.6 is 11.8 Å². The van der Waals surface area contributed by atoms with E-state index in [0.717, 1.165) is 31.3 Å². The molecule has 58 valence electrons. The molecule has 0 unspecified atom stereocenters. The zero-order valence-electron chi connectivity index (χ0n) is 6.18. The highest BCUT2D eigenvalue weighted by atomic mass is 32.2. The van der Waals surface area contributed by atoms with Gasteiger partial charge in [0.2, 0.25) is 0 Å². The first-order valence-electron chi connectivity index (χ1n) is 3.44. The lowest BCUT2D eigenvalue weighted by molar-refractivity contribution is 0.904. The van der Waals surface area contributed by atoms with Gasteiger partial charge in [0.05, 0.1) is 6.54 Å². The lowest BCUT2D eigenvalue weighted by atomic mass is 10.7. The predicted molar refractivity (Wildman–Crippen MR) is 46.7 cm³/mol. The maximum atomic E-state index is 4.19. The normalized spacial score (nSPS) is 16.3. The molecule has 2 N–H and O–H groups in total. The first-order valence-corrected chi connectivity index (χ1v) is 4.84. The molecule has 0 fully saturated rings. The van der Waals surface area contributed by atoms with Crippen molar-refractivity contribution < 1.29 is 0 Å². The fraction of sp³-hybridized carbons (Fsp3) is 0.833. The molecule has 0 amide bonds. The van der Waals surface area contributed by atoms with Crippen molar-refractivity contribution in [2.24, 2.45) is 4.99 Å². The zero-order chi connectivity index (χ0) is 7.23. The van der Waals surface area contributed by atoms with Crippen LogP contribution in [0.15, 0.2) is 4.99 Å². The summed E-state index contributed by atoms with van der Waals surface area (Å²) in [4.78, 5) is 4.19. The van der Waals surface area contributed by atoms with Gasteiger partial charge >= 0.3 is 0 Å². The molecule has 0 spiro atoms. The molecule has 1 rings (SSSR count). The summed E-state index contributed by atoms with van der Waals surface area (Å²) in [6, 6.07) is 0. The standard InChI is InChI=1S/C6H13N3S/c1-10-5-4-9-6-7-2-3-8-6/h2-5H2,1H3,(H2,7,8,9). The Kier molecular flexibility index (Phi) is 3.43. The molecule has 0 aliphatic carbocycles. The minimum absolute atomic E-state index is 0.918. The Morgan fingerprint density at radius 2 is 2.70 bits per heavy atom. The van der Waals surface area contributed by atoms with Crippen LogP contribution in [0.4, 0.5) is 0 Å². The van der Waals surface area contributed by atoms with Gasteiger partial charge in [-0.3, -0.25) is 4.99 Å². The van der Waals surface area contributed by atoms with Crippen molar-refractivity contribution >= 4 is 17.7 Å². The molecule has 4 heteroatoms. The number of guanidine groups is 1. The number of thioether (sulfide) groups is 1. The number of aliphatic imine (C=N–C) groups is 1. The van der Waals surface area contributed by atoms with E-state index in [0.29, 0.717) is 0 Å². The molecule has 0 atom stereocenters. The van der Waals surface area contributed by atoms with E-state index in [1.807, 2.05) is 11.8 Å². The molecular formula is C6H13N3S. The second kappa shape index (κ2) is 4.44. The molecular weight excluding hydrogens is 146 g/mol. The summed E-state index contributed by atoms with van der Waals surface area (Å²) in [6.45, 7) is 2.91. The van der Waals surface area contributed by atoms with E-state index in [2.05, 4.69) is 21.9 Å². The van der Waals surface area contributed by atoms with Crippen LogP contribution in [0, 0.1) is 0 Å². The largest absolute Gasteiger partial charge is 0.356 e. The van der Waals surface area contributed by atoms with Crippen LogP contribution in [0.1, 0.15) is 0 Å². The Morgan fingerprint density at radius 3 is 3.30 bits per heavy atom. The van der Waals surface area contributed by atoms with Crippen molar-refractivity contribution in [3.63, 3.8) is 0 Å². The summed E-state index contributed by atoms with van der Waals surface area (Å²) in [6.07, 6.45) is 2.10. The van der Waals surface area contributed by atoms with Gasteiger partial charge in [0.1, 0.15) is 0 Å². The summed E-state index contributed by atoms with van der Waals surface area (Å²) < 4.78 is 0. The Balaban J connectivity index is 2.01. The van der Waals surface area contributed by atoms with E-state index in [1.54, 1.807) is 0 Å². The van der Waals surface area contributed by atoms with Gasteiger partial charge in [-0.1, -0.05) is 0 Å². The number of hydrogen-bond acceptors (Lipinski definition) is 4. The minimum Gasteiger partial charge on any atom is -0.356 e. The maximum absolute atomic E-state index is 4.19. The van der Waals surface area contributed by atoms with Crippen molar-refractivity contribution in [2.75, 3.05) is 31.6 Å². The maximum Gasteiger partial charge on any atom is 0.191 e. The van der Waals surface area contributed by atoms with Gasteiger partial charge < -0.3 is 10.6 Å². The van der Waals surface area contributed by atoms with Gasteiger partial charge in [0, 0.05) is 18.8 Å². The fourth-order valence-electron chi connectivity index (χ4n) is 0.788. The smallest absolute Gasteiger partial charge is 0.191 e. The van der Waals surface area contributed by atoms with Gasteiger partial charge in [0.25, 0.3) is 0 Å². The van der Waals surface area contributed by atoms with Crippen LogP contribution in [0.25, 0.3) is 0 Å². The Hall–Kier alpha value is -0.380. The van der Waals surface area contributed by atoms with Gasteiger partial charge in [-0.2, -0.15) is 11.8 Å². The fourth-order valence-corrected chi connectivity index (χ4v) is 1.09. The van der Waals surface area contributed by atoms with Crippen LogP contribution in [0.5, 0.6) is 0 Å². The van der Waals surface area contributed by atoms with Crippen LogP contribution in [-0.2, 0) is 0 Å². The highest BCUT2D eigenvalue weighted by Crippen LogP contribution is 1.87. The summed E-state index contributed by atoms with van der Waals surface area (Å²) in [5, 5.41) is 6.35. The van der Waals surface area contributed by atoms with Crippen LogP contribution in [0.2, 0.25) is 0 Å².